The number of piperidine rings is 1. The number of nitrogens with two attached hydrogens (primary N) is 1. The third-order valence-electron chi connectivity index (χ3n) is 3.97. The van der Waals surface area contributed by atoms with Crippen LogP contribution in [0.25, 0.3) is 0 Å². The first-order valence-electron chi connectivity index (χ1n) is 7.87. The number of carbonyl (C=O) groups excluding carboxylic acids is 1. The van der Waals surface area contributed by atoms with E-state index < -0.39 is 0 Å². The molecule has 0 aromatic rings. The Morgan fingerprint density at radius 2 is 2.30 bits per heavy atom. The minimum atomic E-state index is -0.162. The van der Waals surface area contributed by atoms with Crippen molar-refractivity contribution in [3.05, 3.63) is 0 Å². The van der Waals surface area contributed by atoms with Crippen LogP contribution in [-0.4, -0.2) is 56.7 Å². The zero-order valence-corrected chi connectivity index (χ0v) is 13.1. The molecule has 0 spiro atoms. The average molecular weight is 285 g/mol. The first-order valence-corrected chi connectivity index (χ1v) is 7.87. The standard InChI is InChI=1S/C15H31N3O2/c1-13-6-5-9-18(12-13)8-4-3-7-17-15(19)10-14(11-16)20-2/h13-14H,3-12,16H2,1-2H3,(H,17,19). The summed E-state index contributed by atoms with van der Waals surface area (Å²) < 4.78 is 5.09. The van der Waals surface area contributed by atoms with Gasteiger partial charge in [-0.25, -0.2) is 0 Å². The van der Waals surface area contributed by atoms with Gasteiger partial charge in [-0.1, -0.05) is 6.92 Å². The minimum absolute atomic E-state index is 0.0360. The highest BCUT2D eigenvalue weighted by Crippen LogP contribution is 2.15. The molecule has 2 atom stereocenters. The van der Waals surface area contributed by atoms with Crippen LogP contribution in [0.5, 0.6) is 0 Å². The number of hydrogen-bond acceptors (Lipinski definition) is 4. The molecule has 0 bridgehead atoms. The molecule has 1 amide bonds. The van der Waals surface area contributed by atoms with E-state index in [1.165, 1.54) is 25.9 Å². The molecular weight excluding hydrogens is 254 g/mol. The van der Waals surface area contributed by atoms with Gasteiger partial charge in [0.1, 0.15) is 0 Å². The number of rotatable bonds is 9. The highest BCUT2D eigenvalue weighted by atomic mass is 16.5. The number of methoxy groups -OCH3 is 1. The molecule has 1 rings (SSSR count). The topological polar surface area (TPSA) is 67.6 Å². The van der Waals surface area contributed by atoms with E-state index in [-0.39, 0.29) is 12.0 Å². The molecule has 1 aliphatic heterocycles. The molecular formula is C15H31N3O2. The molecule has 1 aliphatic rings. The van der Waals surface area contributed by atoms with Gasteiger partial charge < -0.3 is 20.7 Å². The summed E-state index contributed by atoms with van der Waals surface area (Å²) >= 11 is 0. The highest BCUT2D eigenvalue weighted by Gasteiger charge is 2.15. The molecule has 1 fully saturated rings. The van der Waals surface area contributed by atoms with E-state index in [9.17, 15) is 4.79 Å². The SMILES string of the molecule is COC(CN)CC(=O)NCCCCN1CCCC(C)C1. The van der Waals surface area contributed by atoms with Crippen LogP contribution in [0, 0.1) is 5.92 Å². The Morgan fingerprint density at radius 3 is 2.95 bits per heavy atom. The lowest BCUT2D eigenvalue weighted by atomic mass is 10.0. The van der Waals surface area contributed by atoms with E-state index in [1.807, 2.05) is 0 Å². The van der Waals surface area contributed by atoms with Crippen molar-refractivity contribution in [3.8, 4) is 0 Å². The van der Waals surface area contributed by atoms with E-state index >= 15 is 0 Å². The van der Waals surface area contributed by atoms with Crippen molar-refractivity contribution >= 4 is 5.91 Å². The number of carbonyl (C=O) groups is 1. The van der Waals surface area contributed by atoms with Crippen molar-refractivity contribution in [3.63, 3.8) is 0 Å². The van der Waals surface area contributed by atoms with Crippen molar-refractivity contribution < 1.29 is 9.53 Å². The lowest BCUT2D eigenvalue weighted by Gasteiger charge is -2.30. The summed E-state index contributed by atoms with van der Waals surface area (Å²) in [6, 6.07) is 0. The molecule has 0 radical (unpaired) electrons. The van der Waals surface area contributed by atoms with Gasteiger partial charge in [-0.3, -0.25) is 4.79 Å². The molecule has 2 unspecified atom stereocenters. The average Bonchev–Trinajstić information content (AvgIpc) is 2.44. The zero-order valence-electron chi connectivity index (χ0n) is 13.1. The number of unbranched alkanes of at least 4 members (excludes halogenated alkanes) is 1. The predicted octanol–water partition coefficient (Wildman–Crippen LogP) is 0.979. The molecule has 0 aromatic heterocycles. The Kier molecular flexibility index (Phi) is 8.82. The second-order valence-electron chi connectivity index (χ2n) is 5.90. The van der Waals surface area contributed by atoms with Gasteiger partial charge in [0.2, 0.25) is 5.91 Å². The fourth-order valence-electron chi connectivity index (χ4n) is 2.72. The Morgan fingerprint density at radius 1 is 1.50 bits per heavy atom. The first-order chi connectivity index (χ1) is 9.65. The Bertz CT molecular complexity index is 270. The molecule has 1 saturated heterocycles. The zero-order chi connectivity index (χ0) is 14.8. The molecule has 1 heterocycles. The molecule has 5 heteroatoms. The molecule has 0 aromatic carbocycles. The number of hydrogen-bond donors (Lipinski definition) is 2. The summed E-state index contributed by atoms with van der Waals surface area (Å²) in [5.74, 6) is 0.875. The van der Waals surface area contributed by atoms with E-state index in [2.05, 4.69) is 17.1 Å². The van der Waals surface area contributed by atoms with Gasteiger partial charge in [0, 0.05) is 26.7 Å². The fraction of sp³-hybridized carbons (Fsp3) is 0.933. The molecule has 5 nitrogen and oxygen atoms in total. The number of nitrogens with zero attached hydrogens (tertiary/aromatic N) is 1. The van der Waals surface area contributed by atoms with Gasteiger partial charge >= 0.3 is 0 Å². The summed E-state index contributed by atoms with van der Waals surface area (Å²) in [7, 11) is 1.59. The van der Waals surface area contributed by atoms with Crippen molar-refractivity contribution in [1.82, 2.24) is 10.2 Å². The maximum absolute atomic E-state index is 11.6. The summed E-state index contributed by atoms with van der Waals surface area (Å²) in [5.41, 5.74) is 5.49. The lowest BCUT2D eigenvalue weighted by Crippen LogP contribution is -2.35. The van der Waals surface area contributed by atoms with Crippen LogP contribution < -0.4 is 11.1 Å². The van der Waals surface area contributed by atoms with E-state index in [4.69, 9.17) is 10.5 Å². The van der Waals surface area contributed by atoms with Gasteiger partial charge in [-0.05, 0) is 44.7 Å². The van der Waals surface area contributed by atoms with Crippen molar-refractivity contribution in [1.29, 1.82) is 0 Å². The van der Waals surface area contributed by atoms with Crippen LogP contribution in [0.1, 0.15) is 39.0 Å². The van der Waals surface area contributed by atoms with Crippen LogP contribution in [0.15, 0.2) is 0 Å². The summed E-state index contributed by atoms with van der Waals surface area (Å²) in [6.45, 7) is 7.10. The van der Waals surface area contributed by atoms with Crippen LogP contribution in [0.3, 0.4) is 0 Å². The highest BCUT2D eigenvalue weighted by molar-refractivity contribution is 5.76. The summed E-state index contributed by atoms with van der Waals surface area (Å²) in [6.07, 6.45) is 5.08. The largest absolute Gasteiger partial charge is 0.380 e. The van der Waals surface area contributed by atoms with Crippen molar-refractivity contribution in [2.24, 2.45) is 11.7 Å². The van der Waals surface area contributed by atoms with Gasteiger partial charge in [0.15, 0.2) is 0 Å². The third kappa shape index (κ3) is 7.22. The fourth-order valence-corrected chi connectivity index (χ4v) is 2.72. The van der Waals surface area contributed by atoms with Crippen LogP contribution in [0.2, 0.25) is 0 Å². The Hall–Kier alpha value is -0.650. The van der Waals surface area contributed by atoms with Crippen LogP contribution >= 0.6 is 0 Å². The first kappa shape index (κ1) is 17.4. The summed E-state index contributed by atoms with van der Waals surface area (Å²) in [5, 5.41) is 2.94. The maximum atomic E-state index is 11.6. The van der Waals surface area contributed by atoms with E-state index in [0.717, 1.165) is 31.8 Å². The normalized spacial score (nSPS) is 21.6. The number of ether oxygens (including phenoxy) is 1. The quantitative estimate of drug-likeness (QED) is 0.620. The summed E-state index contributed by atoms with van der Waals surface area (Å²) in [4.78, 5) is 14.2. The Labute approximate surface area is 123 Å². The molecule has 0 aliphatic carbocycles. The Balaban J connectivity index is 2.00. The van der Waals surface area contributed by atoms with Gasteiger partial charge in [-0.2, -0.15) is 0 Å². The smallest absolute Gasteiger partial charge is 0.222 e. The molecule has 20 heavy (non-hydrogen) atoms. The number of likely N-dealkylation sites (tertiary alicyclic amines) is 1. The third-order valence-corrected chi connectivity index (χ3v) is 3.97. The molecule has 0 saturated carbocycles. The van der Waals surface area contributed by atoms with E-state index in [0.29, 0.717) is 13.0 Å². The second kappa shape index (κ2) is 10.1. The van der Waals surface area contributed by atoms with Gasteiger partial charge in [-0.15, -0.1) is 0 Å². The van der Waals surface area contributed by atoms with Gasteiger partial charge in [0.05, 0.1) is 12.5 Å². The maximum Gasteiger partial charge on any atom is 0.222 e. The van der Waals surface area contributed by atoms with Crippen LogP contribution in [-0.2, 0) is 9.53 Å². The van der Waals surface area contributed by atoms with Crippen molar-refractivity contribution in [2.75, 3.05) is 39.8 Å². The van der Waals surface area contributed by atoms with E-state index in [1.54, 1.807) is 7.11 Å². The second-order valence-corrected chi connectivity index (χ2v) is 5.90. The van der Waals surface area contributed by atoms with Crippen LogP contribution in [0.4, 0.5) is 0 Å². The van der Waals surface area contributed by atoms with Crippen molar-refractivity contribution in [2.45, 2.75) is 45.1 Å². The monoisotopic (exact) mass is 285 g/mol. The number of nitrogens with one attached hydrogen (secondary N) is 1. The number of amides is 1. The molecule has 118 valence electrons. The predicted molar refractivity (Wildman–Crippen MR) is 81.6 cm³/mol. The minimum Gasteiger partial charge on any atom is -0.380 e. The molecule has 3 N–H and O–H groups in total. The van der Waals surface area contributed by atoms with Gasteiger partial charge in [0.25, 0.3) is 0 Å². The lowest BCUT2D eigenvalue weighted by molar-refractivity contribution is -0.123.